The smallest absolute Gasteiger partial charge is 0.137 e. The van der Waals surface area contributed by atoms with Gasteiger partial charge in [0.05, 0.1) is 19.6 Å². The van der Waals surface area contributed by atoms with Crippen molar-refractivity contribution in [1.29, 1.82) is 0 Å². The molecule has 0 aromatic heterocycles. The molecule has 0 aliphatic rings. The molecule has 0 amide bonds. The van der Waals surface area contributed by atoms with E-state index in [1.807, 2.05) is 0 Å². The Kier molecular flexibility index (Phi) is 7.99. The molecule has 0 rings (SSSR count). The molecule has 2 N–H and O–H groups in total. The van der Waals surface area contributed by atoms with Gasteiger partial charge in [-0.3, -0.25) is 5.73 Å². The zero-order valence-corrected chi connectivity index (χ0v) is 10.3. The van der Waals surface area contributed by atoms with Crippen molar-refractivity contribution in [2.75, 3.05) is 19.6 Å². The molecule has 0 heterocycles. The first-order valence-electron chi connectivity index (χ1n) is 4.24. The summed E-state index contributed by atoms with van der Waals surface area (Å²) in [4.78, 5) is 0. The molecule has 70 valence electrons. The summed E-state index contributed by atoms with van der Waals surface area (Å²) in [5.41, 5.74) is 5.88. The van der Waals surface area contributed by atoms with Crippen molar-refractivity contribution in [3.63, 3.8) is 0 Å². The van der Waals surface area contributed by atoms with Crippen LogP contribution in [0.15, 0.2) is 0 Å². The van der Waals surface area contributed by atoms with Gasteiger partial charge in [0.25, 0.3) is 0 Å². The van der Waals surface area contributed by atoms with Gasteiger partial charge in [-0.1, -0.05) is 0 Å². The van der Waals surface area contributed by atoms with E-state index >= 15 is 0 Å². The third-order valence-corrected chi connectivity index (χ3v) is 2.75. The van der Waals surface area contributed by atoms with Crippen LogP contribution in [0.1, 0.15) is 27.7 Å². The van der Waals surface area contributed by atoms with Crippen molar-refractivity contribution >= 4 is 0 Å². The highest BCUT2D eigenvalue weighted by molar-refractivity contribution is 4.41. The summed E-state index contributed by atoms with van der Waals surface area (Å²) in [7, 11) is 0. The largest absolute Gasteiger partial charge is 1.00 e. The van der Waals surface area contributed by atoms with Crippen LogP contribution in [-0.4, -0.2) is 30.3 Å². The fraction of sp³-hybridized carbons (Fsp3) is 1.00. The fourth-order valence-corrected chi connectivity index (χ4v) is 1.53. The van der Waals surface area contributed by atoms with E-state index in [9.17, 15) is 0 Å². The number of hydrogen-bond donors (Lipinski definition) is 1. The quantitative estimate of drug-likeness (QED) is 0.364. The standard InChI is InChI=1S/C8H21N2.HI/c1-5-10(6-2,7-3)8(4)9;/h8H,5-7,9H2,1-4H3;1H/q+1;/p-1. The highest BCUT2D eigenvalue weighted by atomic mass is 127. The average Bonchev–Trinajstić information content (AvgIpc) is 1.92. The zero-order chi connectivity index (χ0) is 8.20. The van der Waals surface area contributed by atoms with Crippen LogP contribution < -0.4 is 29.7 Å². The Labute approximate surface area is 87.7 Å². The summed E-state index contributed by atoms with van der Waals surface area (Å²) in [6.45, 7) is 12.1. The van der Waals surface area contributed by atoms with Gasteiger partial charge in [0, 0.05) is 6.92 Å². The maximum atomic E-state index is 5.88. The van der Waals surface area contributed by atoms with Crippen LogP contribution in [-0.2, 0) is 0 Å². The minimum Gasteiger partial charge on any atom is -1.00 e. The summed E-state index contributed by atoms with van der Waals surface area (Å²) in [6.07, 6.45) is 0.278. The van der Waals surface area contributed by atoms with Crippen molar-refractivity contribution in [3.05, 3.63) is 0 Å². The van der Waals surface area contributed by atoms with Crippen molar-refractivity contribution in [2.24, 2.45) is 5.73 Å². The minimum atomic E-state index is 0. The lowest BCUT2D eigenvalue weighted by Gasteiger charge is -2.39. The van der Waals surface area contributed by atoms with Crippen molar-refractivity contribution < 1.29 is 28.5 Å². The second kappa shape index (κ2) is 6.20. The van der Waals surface area contributed by atoms with Gasteiger partial charge >= 0.3 is 0 Å². The van der Waals surface area contributed by atoms with Gasteiger partial charge < -0.3 is 28.5 Å². The molecule has 0 fully saturated rings. The molecule has 0 bridgehead atoms. The number of hydrogen-bond acceptors (Lipinski definition) is 1. The highest BCUT2D eigenvalue weighted by Crippen LogP contribution is 2.07. The maximum absolute atomic E-state index is 5.88. The Morgan fingerprint density at radius 1 is 1.09 bits per heavy atom. The highest BCUT2D eigenvalue weighted by Gasteiger charge is 2.24. The lowest BCUT2D eigenvalue weighted by molar-refractivity contribution is -0.944. The van der Waals surface area contributed by atoms with Crippen LogP contribution in [0.25, 0.3) is 0 Å². The fourth-order valence-electron chi connectivity index (χ4n) is 1.53. The lowest BCUT2D eigenvalue weighted by atomic mass is 10.3. The van der Waals surface area contributed by atoms with Crippen LogP contribution in [0.4, 0.5) is 0 Å². The summed E-state index contributed by atoms with van der Waals surface area (Å²) >= 11 is 0. The molecule has 1 atom stereocenters. The van der Waals surface area contributed by atoms with Crippen molar-refractivity contribution in [3.8, 4) is 0 Å². The predicted octanol–water partition coefficient (Wildman–Crippen LogP) is -1.83. The molecule has 0 aromatic rings. The predicted molar refractivity (Wildman–Crippen MR) is 45.5 cm³/mol. The first-order chi connectivity index (χ1) is 4.63. The van der Waals surface area contributed by atoms with Crippen LogP contribution in [0, 0.1) is 0 Å². The zero-order valence-electron chi connectivity index (χ0n) is 8.10. The molecule has 2 nitrogen and oxygen atoms in total. The van der Waals surface area contributed by atoms with Crippen LogP contribution >= 0.6 is 0 Å². The second-order valence-corrected chi connectivity index (χ2v) is 2.91. The number of rotatable bonds is 4. The van der Waals surface area contributed by atoms with E-state index in [4.69, 9.17) is 5.73 Å². The van der Waals surface area contributed by atoms with Gasteiger partial charge in [0.15, 0.2) is 0 Å². The van der Waals surface area contributed by atoms with E-state index in [1.165, 1.54) is 0 Å². The number of nitrogens with zero attached hydrogens (tertiary/aromatic N) is 1. The van der Waals surface area contributed by atoms with Gasteiger partial charge in [-0.15, -0.1) is 0 Å². The molecule has 3 heteroatoms. The first kappa shape index (κ1) is 14.2. The topological polar surface area (TPSA) is 26.0 Å². The summed E-state index contributed by atoms with van der Waals surface area (Å²) < 4.78 is 1.04. The first-order valence-corrected chi connectivity index (χ1v) is 4.24. The van der Waals surface area contributed by atoms with Gasteiger partial charge in [-0.25, -0.2) is 0 Å². The molecule has 0 saturated heterocycles. The third-order valence-electron chi connectivity index (χ3n) is 2.75. The molecule has 0 aliphatic carbocycles. The number of nitrogens with two attached hydrogens (primary N) is 1. The third kappa shape index (κ3) is 3.25. The normalized spacial score (nSPS) is 13.9. The molecular weight excluding hydrogens is 251 g/mol. The molecule has 0 spiro atoms. The van der Waals surface area contributed by atoms with E-state index in [0.29, 0.717) is 0 Å². The Morgan fingerprint density at radius 3 is 1.36 bits per heavy atom. The summed E-state index contributed by atoms with van der Waals surface area (Å²) in [5.74, 6) is 0. The number of quaternary nitrogens is 1. The number of halogens is 1. The second-order valence-electron chi connectivity index (χ2n) is 2.91. The van der Waals surface area contributed by atoms with E-state index in [-0.39, 0.29) is 30.1 Å². The molecule has 0 aromatic carbocycles. The summed E-state index contributed by atoms with van der Waals surface area (Å²) in [5, 5.41) is 0. The Morgan fingerprint density at radius 2 is 1.36 bits per heavy atom. The molecule has 11 heavy (non-hydrogen) atoms. The Bertz CT molecular complexity index is 81.8. The van der Waals surface area contributed by atoms with E-state index in [0.717, 1.165) is 24.1 Å². The van der Waals surface area contributed by atoms with Gasteiger partial charge in [0.2, 0.25) is 0 Å². The van der Waals surface area contributed by atoms with Crippen LogP contribution in [0.2, 0.25) is 0 Å². The maximum Gasteiger partial charge on any atom is 0.137 e. The molecular formula is C8H21IN2. The van der Waals surface area contributed by atoms with E-state index in [2.05, 4.69) is 27.7 Å². The minimum absolute atomic E-state index is 0. The van der Waals surface area contributed by atoms with Gasteiger partial charge in [-0.2, -0.15) is 0 Å². The van der Waals surface area contributed by atoms with Crippen LogP contribution in [0.5, 0.6) is 0 Å². The Hall–Kier alpha value is 0.650. The van der Waals surface area contributed by atoms with Crippen LogP contribution in [0.3, 0.4) is 0 Å². The monoisotopic (exact) mass is 272 g/mol. The van der Waals surface area contributed by atoms with Crippen molar-refractivity contribution in [1.82, 2.24) is 0 Å². The SMILES string of the molecule is CC[N+](CC)(CC)C(C)N.[I-]. The molecule has 1 unspecified atom stereocenters. The van der Waals surface area contributed by atoms with E-state index < -0.39 is 0 Å². The van der Waals surface area contributed by atoms with Gasteiger partial charge in [0.1, 0.15) is 6.17 Å². The Balaban J connectivity index is 0. The van der Waals surface area contributed by atoms with Gasteiger partial charge in [-0.05, 0) is 20.8 Å². The van der Waals surface area contributed by atoms with Crippen molar-refractivity contribution in [2.45, 2.75) is 33.9 Å². The average molecular weight is 272 g/mol. The lowest BCUT2D eigenvalue weighted by Crippen LogP contribution is -3.00. The molecule has 0 aliphatic heterocycles. The van der Waals surface area contributed by atoms with E-state index in [1.54, 1.807) is 0 Å². The molecule has 0 radical (unpaired) electrons. The summed E-state index contributed by atoms with van der Waals surface area (Å²) in [6, 6.07) is 0. The molecule has 0 saturated carbocycles.